The molecule has 0 spiro atoms. The van der Waals surface area contributed by atoms with E-state index in [-0.39, 0.29) is 6.10 Å². The largest absolute Gasteiger partial charge is 0.508 e. The molecule has 1 fully saturated rings. The molecule has 0 aromatic heterocycles. The first-order valence-electron chi connectivity index (χ1n) is 9.32. The lowest BCUT2D eigenvalue weighted by Gasteiger charge is -2.33. The highest BCUT2D eigenvalue weighted by molar-refractivity contribution is 5.84. The van der Waals surface area contributed by atoms with E-state index < -0.39 is 0 Å². The van der Waals surface area contributed by atoms with Gasteiger partial charge in [0.25, 0.3) is 0 Å². The molecule has 1 aliphatic heterocycles. The van der Waals surface area contributed by atoms with Gasteiger partial charge in [0.15, 0.2) is 0 Å². The summed E-state index contributed by atoms with van der Waals surface area (Å²) >= 11 is 0. The van der Waals surface area contributed by atoms with Crippen molar-refractivity contribution < 1.29 is 14.6 Å². The third-order valence-corrected chi connectivity index (χ3v) is 5.26. The molecule has 27 heavy (non-hydrogen) atoms. The van der Waals surface area contributed by atoms with E-state index in [2.05, 4.69) is 41.3 Å². The highest BCUT2D eigenvalue weighted by Gasteiger charge is 2.22. The number of morpholine rings is 1. The van der Waals surface area contributed by atoms with Crippen LogP contribution in [-0.2, 0) is 11.3 Å². The number of aromatic hydroxyl groups is 1. The zero-order valence-electron chi connectivity index (χ0n) is 15.8. The van der Waals surface area contributed by atoms with E-state index in [0.717, 1.165) is 37.6 Å². The van der Waals surface area contributed by atoms with Crippen molar-refractivity contribution in [2.75, 3.05) is 26.8 Å². The fourth-order valence-electron chi connectivity index (χ4n) is 3.69. The first-order chi connectivity index (χ1) is 13.1. The number of methoxy groups -OCH3 is 1. The number of hydrogen-bond donors (Lipinski definition) is 1. The second-order valence-electron chi connectivity index (χ2n) is 7.19. The molecule has 3 aromatic rings. The van der Waals surface area contributed by atoms with Crippen LogP contribution in [0.2, 0.25) is 0 Å². The molecule has 140 valence electrons. The normalized spacial score (nSPS) is 17.9. The van der Waals surface area contributed by atoms with Crippen molar-refractivity contribution in [3.63, 3.8) is 0 Å². The predicted octanol–water partition coefficient (Wildman–Crippen LogP) is 4.44. The number of ether oxygens (including phenoxy) is 2. The average Bonchev–Trinajstić information content (AvgIpc) is 2.70. The topological polar surface area (TPSA) is 41.9 Å². The number of nitrogens with zero attached hydrogens (tertiary/aromatic N) is 1. The molecule has 0 saturated carbocycles. The predicted molar refractivity (Wildman–Crippen MR) is 107 cm³/mol. The molecule has 4 heteroatoms. The van der Waals surface area contributed by atoms with E-state index in [1.165, 1.54) is 21.9 Å². The van der Waals surface area contributed by atoms with Gasteiger partial charge in [-0.2, -0.15) is 0 Å². The van der Waals surface area contributed by atoms with Crippen LogP contribution in [0.3, 0.4) is 0 Å². The average molecular weight is 363 g/mol. The second kappa shape index (κ2) is 7.59. The van der Waals surface area contributed by atoms with Gasteiger partial charge in [0.05, 0.1) is 19.8 Å². The first-order valence-corrected chi connectivity index (χ1v) is 9.32. The van der Waals surface area contributed by atoms with Gasteiger partial charge in [-0.25, -0.2) is 0 Å². The minimum absolute atomic E-state index is 0.0727. The lowest BCUT2D eigenvalue weighted by atomic mass is 10.0. The summed E-state index contributed by atoms with van der Waals surface area (Å²) in [5, 5.41) is 12.1. The number of rotatable bonds is 4. The highest BCUT2D eigenvalue weighted by atomic mass is 16.5. The monoisotopic (exact) mass is 363 g/mol. The molecule has 1 atom stereocenters. The van der Waals surface area contributed by atoms with E-state index in [1.54, 1.807) is 13.2 Å². The van der Waals surface area contributed by atoms with Crippen LogP contribution < -0.4 is 4.74 Å². The van der Waals surface area contributed by atoms with Crippen molar-refractivity contribution in [2.24, 2.45) is 0 Å². The number of hydrogen-bond acceptors (Lipinski definition) is 4. The summed E-state index contributed by atoms with van der Waals surface area (Å²) in [5.74, 6) is 1.23. The van der Waals surface area contributed by atoms with Crippen LogP contribution in [0.5, 0.6) is 11.5 Å². The number of benzene rings is 3. The van der Waals surface area contributed by atoms with Gasteiger partial charge in [-0.15, -0.1) is 0 Å². The Morgan fingerprint density at radius 1 is 1.07 bits per heavy atom. The van der Waals surface area contributed by atoms with E-state index in [1.807, 2.05) is 19.1 Å². The van der Waals surface area contributed by atoms with Crippen LogP contribution in [0, 0.1) is 6.92 Å². The van der Waals surface area contributed by atoms with Crippen LogP contribution in [-0.4, -0.2) is 36.8 Å². The van der Waals surface area contributed by atoms with Gasteiger partial charge in [-0.3, -0.25) is 4.90 Å². The molecular formula is C23H25NO3. The van der Waals surface area contributed by atoms with Gasteiger partial charge in [0.1, 0.15) is 11.5 Å². The van der Waals surface area contributed by atoms with Crippen molar-refractivity contribution in [3.05, 3.63) is 71.3 Å². The fourth-order valence-corrected chi connectivity index (χ4v) is 3.69. The Balaban J connectivity index is 1.50. The van der Waals surface area contributed by atoms with Gasteiger partial charge < -0.3 is 14.6 Å². The Labute approximate surface area is 160 Å². The molecule has 0 bridgehead atoms. The molecule has 1 saturated heterocycles. The van der Waals surface area contributed by atoms with E-state index in [9.17, 15) is 5.11 Å². The van der Waals surface area contributed by atoms with Gasteiger partial charge >= 0.3 is 0 Å². The van der Waals surface area contributed by atoms with Crippen LogP contribution in [0.4, 0.5) is 0 Å². The third-order valence-electron chi connectivity index (χ3n) is 5.26. The van der Waals surface area contributed by atoms with Crippen molar-refractivity contribution in [2.45, 2.75) is 19.6 Å². The number of fused-ring (bicyclic) bond motifs is 1. The van der Waals surface area contributed by atoms with Gasteiger partial charge in [0.2, 0.25) is 0 Å². The Hall–Kier alpha value is -2.56. The number of aryl methyl sites for hydroxylation is 1. The lowest BCUT2D eigenvalue weighted by Crippen LogP contribution is -2.37. The van der Waals surface area contributed by atoms with Gasteiger partial charge in [0, 0.05) is 19.6 Å². The third kappa shape index (κ3) is 3.92. The van der Waals surface area contributed by atoms with Crippen LogP contribution in [0.15, 0.2) is 54.6 Å². The maximum atomic E-state index is 9.72. The molecule has 1 heterocycles. The maximum Gasteiger partial charge on any atom is 0.119 e. The first kappa shape index (κ1) is 17.8. The Bertz CT molecular complexity index is 954. The van der Waals surface area contributed by atoms with Crippen molar-refractivity contribution in [3.8, 4) is 11.5 Å². The zero-order chi connectivity index (χ0) is 18.8. The van der Waals surface area contributed by atoms with E-state index in [0.29, 0.717) is 5.75 Å². The zero-order valence-corrected chi connectivity index (χ0v) is 15.8. The van der Waals surface area contributed by atoms with Crippen molar-refractivity contribution in [1.82, 2.24) is 4.90 Å². The Morgan fingerprint density at radius 2 is 1.89 bits per heavy atom. The molecule has 0 amide bonds. The molecule has 4 nitrogen and oxygen atoms in total. The summed E-state index contributed by atoms with van der Waals surface area (Å²) in [6, 6.07) is 18.5. The smallest absolute Gasteiger partial charge is 0.119 e. The molecular weight excluding hydrogens is 338 g/mol. The number of phenols is 1. The molecule has 4 rings (SSSR count). The molecule has 0 unspecified atom stereocenters. The molecule has 0 radical (unpaired) electrons. The minimum atomic E-state index is 0.0727. The summed E-state index contributed by atoms with van der Waals surface area (Å²) in [4.78, 5) is 2.41. The van der Waals surface area contributed by atoms with Crippen molar-refractivity contribution in [1.29, 1.82) is 0 Å². The van der Waals surface area contributed by atoms with E-state index in [4.69, 9.17) is 9.47 Å². The SMILES string of the molecule is COc1ccc2cc([C@H]3CN(Cc4ccc(O)c(C)c4)CCO3)ccc2c1. The summed E-state index contributed by atoms with van der Waals surface area (Å²) in [5.41, 5.74) is 3.35. The van der Waals surface area contributed by atoms with E-state index >= 15 is 0 Å². The summed E-state index contributed by atoms with van der Waals surface area (Å²) in [6.45, 7) is 5.31. The highest BCUT2D eigenvalue weighted by Crippen LogP contribution is 2.28. The van der Waals surface area contributed by atoms with Crippen molar-refractivity contribution >= 4 is 10.8 Å². The van der Waals surface area contributed by atoms with Crippen LogP contribution in [0.1, 0.15) is 22.8 Å². The second-order valence-corrected chi connectivity index (χ2v) is 7.19. The lowest BCUT2D eigenvalue weighted by molar-refractivity contribution is -0.0328. The summed E-state index contributed by atoms with van der Waals surface area (Å²) in [7, 11) is 1.69. The standard InChI is InChI=1S/C23H25NO3/c1-16-11-17(3-8-22(16)25)14-24-9-10-27-23(15-24)20-5-4-19-13-21(26-2)7-6-18(19)12-20/h3-8,11-13,23,25H,9-10,14-15H2,1-2H3/t23-/m1/s1. The quantitative estimate of drug-likeness (QED) is 0.744. The Kier molecular flexibility index (Phi) is 5.01. The molecule has 0 aliphatic carbocycles. The summed E-state index contributed by atoms with van der Waals surface area (Å²) < 4.78 is 11.4. The van der Waals surface area contributed by atoms with Gasteiger partial charge in [-0.05, 0) is 58.7 Å². The molecule has 3 aromatic carbocycles. The maximum absolute atomic E-state index is 9.72. The summed E-state index contributed by atoms with van der Waals surface area (Å²) in [6.07, 6.45) is 0.0727. The molecule has 1 aliphatic rings. The fraction of sp³-hybridized carbons (Fsp3) is 0.304. The van der Waals surface area contributed by atoms with Crippen LogP contribution >= 0.6 is 0 Å². The minimum Gasteiger partial charge on any atom is -0.508 e. The van der Waals surface area contributed by atoms with Gasteiger partial charge in [-0.1, -0.05) is 30.3 Å². The molecule has 1 N–H and O–H groups in total. The van der Waals surface area contributed by atoms with Crippen LogP contribution in [0.25, 0.3) is 10.8 Å². The number of phenolic OH excluding ortho intramolecular Hbond substituents is 1. The Morgan fingerprint density at radius 3 is 2.70 bits per heavy atom.